The van der Waals surface area contributed by atoms with Crippen LogP contribution in [0.1, 0.15) is 12.0 Å². The van der Waals surface area contributed by atoms with Crippen LogP contribution in [0, 0.1) is 0 Å². The van der Waals surface area contributed by atoms with Gasteiger partial charge >= 0.3 is 0 Å². The van der Waals surface area contributed by atoms with Crippen LogP contribution in [0.3, 0.4) is 0 Å². The standard InChI is InChI=1S/C17H17N3O4S2/c1-24-14-7-3-2-5-12(14)11-18-16(21)9-10-26(22,23)15-8-4-6-13-17(15)20-25-19-13/h2-8H,9-11H2,1H3,(H,18,21). The summed E-state index contributed by atoms with van der Waals surface area (Å²) in [4.78, 5) is 12.2. The van der Waals surface area contributed by atoms with E-state index in [-0.39, 0.29) is 29.5 Å². The second-order valence-electron chi connectivity index (χ2n) is 5.55. The lowest BCUT2D eigenvalue weighted by Gasteiger charge is -2.10. The SMILES string of the molecule is COc1ccccc1CNC(=O)CCS(=O)(=O)c1cccc2nsnc12. The van der Waals surface area contributed by atoms with Crippen molar-refractivity contribution in [2.75, 3.05) is 12.9 Å². The number of benzene rings is 2. The maximum atomic E-state index is 12.6. The van der Waals surface area contributed by atoms with Crippen molar-refractivity contribution in [3.63, 3.8) is 0 Å². The van der Waals surface area contributed by atoms with Gasteiger partial charge < -0.3 is 10.1 Å². The molecule has 26 heavy (non-hydrogen) atoms. The predicted molar refractivity (Wildman–Crippen MR) is 98.9 cm³/mol. The maximum absolute atomic E-state index is 12.6. The minimum absolute atomic E-state index is 0.112. The largest absolute Gasteiger partial charge is 0.496 e. The van der Waals surface area contributed by atoms with Crippen LogP contribution >= 0.6 is 11.7 Å². The van der Waals surface area contributed by atoms with Gasteiger partial charge in [-0.25, -0.2) is 8.42 Å². The molecule has 1 heterocycles. The molecule has 1 N–H and O–H groups in total. The summed E-state index contributed by atoms with van der Waals surface area (Å²) in [6.45, 7) is 0.272. The molecule has 3 rings (SSSR count). The molecule has 0 unspecified atom stereocenters. The Labute approximate surface area is 155 Å². The van der Waals surface area contributed by atoms with Crippen molar-refractivity contribution in [2.24, 2.45) is 0 Å². The number of fused-ring (bicyclic) bond motifs is 1. The third-order valence-electron chi connectivity index (χ3n) is 3.85. The Morgan fingerprint density at radius 2 is 1.96 bits per heavy atom. The highest BCUT2D eigenvalue weighted by Gasteiger charge is 2.21. The monoisotopic (exact) mass is 391 g/mol. The lowest BCUT2D eigenvalue weighted by Crippen LogP contribution is -2.25. The normalized spacial score (nSPS) is 11.4. The second-order valence-corrected chi connectivity index (χ2v) is 8.15. The highest BCUT2D eigenvalue weighted by Crippen LogP contribution is 2.22. The topological polar surface area (TPSA) is 98.2 Å². The fraction of sp³-hybridized carbons (Fsp3) is 0.235. The summed E-state index contributed by atoms with van der Waals surface area (Å²) in [6, 6.07) is 12.1. The van der Waals surface area contributed by atoms with Gasteiger partial charge in [0.05, 0.1) is 29.5 Å². The van der Waals surface area contributed by atoms with Gasteiger partial charge in [-0.1, -0.05) is 24.3 Å². The van der Waals surface area contributed by atoms with Crippen molar-refractivity contribution >= 4 is 38.5 Å². The van der Waals surface area contributed by atoms with Crippen LogP contribution in [-0.4, -0.2) is 35.9 Å². The summed E-state index contributed by atoms with van der Waals surface area (Å²) < 4.78 is 38.4. The first-order valence-corrected chi connectivity index (χ1v) is 10.2. The first-order chi connectivity index (χ1) is 12.5. The fourth-order valence-electron chi connectivity index (χ4n) is 2.50. The molecule has 0 spiro atoms. The van der Waals surface area contributed by atoms with Gasteiger partial charge in [-0.05, 0) is 18.2 Å². The molecule has 2 aromatic carbocycles. The Bertz CT molecular complexity index is 1030. The molecular weight excluding hydrogens is 374 g/mol. The molecule has 0 aliphatic carbocycles. The molecule has 1 aromatic heterocycles. The van der Waals surface area contributed by atoms with Gasteiger partial charge in [-0.15, -0.1) is 0 Å². The zero-order valence-electron chi connectivity index (χ0n) is 14.0. The van der Waals surface area contributed by atoms with Gasteiger partial charge in [-0.2, -0.15) is 8.75 Å². The lowest BCUT2D eigenvalue weighted by molar-refractivity contribution is -0.120. The van der Waals surface area contributed by atoms with E-state index in [9.17, 15) is 13.2 Å². The van der Waals surface area contributed by atoms with E-state index in [0.717, 1.165) is 17.3 Å². The number of amides is 1. The molecule has 1 amide bonds. The average molecular weight is 391 g/mol. The Balaban J connectivity index is 1.63. The molecule has 0 aliphatic heterocycles. The zero-order chi connectivity index (χ0) is 18.6. The molecule has 0 fully saturated rings. The number of hydrogen-bond donors (Lipinski definition) is 1. The summed E-state index contributed by atoms with van der Waals surface area (Å²) in [5, 5.41) is 2.72. The van der Waals surface area contributed by atoms with Crippen LogP contribution in [0.15, 0.2) is 47.4 Å². The molecule has 0 atom stereocenters. The molecule has 0 bridgehead atoms. The molecule has 7 nitrogen and oxygen atoms in total. The average Bonchev–Trinajstić information content (AvgIpc) is 3.13. The molecule has 0 radical (unpaired) electrons. The summed E-state index contributed by atoms with van der Waals surface area (Å²) >= 11 is 0.961. The van der Waals surface area contributed by atoms with Gasteiger partial charge in [0, 0.05) is 18.5 Å². The lowest BCUT2D eigenvalue weighted by atomic mass is 10.2. The number of aromatic nitrogens is 2. The maximum Gasteiger partial charge on any atom is 0.221 e. The minimum Gasteiger partial charge on any atom is -0.496 e. The number of carbonyl (C=O) groups excluding carboxylic acids is 1. The number of ether oxygens (including phenoxy) is 1. The van der Waals surface area contributed by atoms with E-state index >= 15 is 0 Å². The Kier molecular flexibility index (Phi) is 5.48. The molecule has 136 valence electrons. The van der Waals surface area contributed by atoms with E-state index in [0.29, 0.717) is 16.8 Å². The minimum atomic E-state index is -3.63. The van der Waals surface area contributed by atoms with E-state index < -0.39 is 9.84 Å². The van der Waals surface area contributed by atoms with Crippen molar-refractivity contribution in [3.8, 4) is 5.75 Å². The first kappa shape index (κ1) is 18.3. The van der Waals surface area contributed by atoms with Crippen LogP contribution in [0.25, 0.3) is 11.0 Å². The van der Waals surface area contributed by atoms with Crippen molar-refractivity contribution in [1.82, 2.24) is 14.1 Å². The molecule has 9 heteroatoms. The quantitative estimate of drug-likeness (QED) is 0.663. The number of carbonyl (C=O) groups is 1. The van der Waals surface area contributed by atoms with Crippen LogP contribution in [0.4, 0.5) is 0 Å². The van der Waals surface area contributed by atoms with Gasteiger partial charge in [-0.3, -0.25) is 4.79 Å². The van der Waals surface area contributed by atoms with Crippen molar-refractivity contribution in [2.45, 2.75) is 17.9 Å². The predicted octanol–water partition coefficient (Wildman–Crippen LogP) is 2.18. The number of nitrogens with zero attached hydrogens (tertiary/aromatic N) is 2. The number of nitrogens with one attached hydrogen (secondary N) is 1. The highest BCUT2D eigenvalue weighted by atomic mass is 32.2. The number of rotatable bonds is 7. The summed E-state index contributed by atoms with van der Waals surface area (Å²) in [5.41, 5.74) is 1.72. The van der Waals surface area contributed by atoms with Gasteiger partial charge in [0.25, 0.3) is 0 Å². The van der Waals surface area contributed by atoms with Crippen molar-refractivity contribution < 1.29 is 17.9 Å². The summed E-state index contributed by atoms with van der Waals surface area (Å²) in [5.74, 6) is 0.0349. The smallest absolute Gasteiger partial charge is 0.221 e. The van der Waals surface area contributed by atoms with Crippen molar-refractivity contribution in [3.05, 3.63) is 48.0 Å². The third-order valence-corrected chi connectivity index (χ3v) is 6.13. The Morgan fingerprint density at radius 3 is 2.77 bits per heavy atom. The van der Waals surface area contributed by atoms with Crippen LogP contribution in [0.5, 0.6) is 5.75 Å². The zero-order valence-corrected chi connectivity index (χ0v) is 15.6. The summed E-state index contributed by atoms with van der Waals surface area (Å²) in [7, 11) is -2.07. The van der Waals surface area contributed by atoms with E-state index in [1.807, 2.05) is 18.2 Å². The van der Waals surface area contributed by atoms with Crippen LogP contribution in [-0.2, 0) is 21.2 Å². The van der Waals surface area contributed by atoms with Crippen LogP contribution in [0.2, 0.25) is 0 Å². The fourth-order valence-corrected chi connectivity index (χ4v) is 4.51. The van der Waals surface area contributed by atoms with Gasteiger partial charge in [0.1, 0.15) is 16.8 Å². The molecule has 3 aromatic rings. The van der Waals surface area contributed by atoms with E-state index in [1.165, 1.54) is 6.07 Å². The first-order valence-electron chi connectivity index (χ1n) is 7.84. The van der Waals surface area contributed by atoms with E-state index in [2.05, 4.69) is 14.1 Å². The van der Waals surface area contributed by atoms with Crippen LogP contribution < -0.4 is 10.1 Å². The highest BCUT2D eigenvalue weighted by molar-refractivity contribution is 7.91. The van der Waals surface area contributed by atoms with E-state index in [1.54, 1.807) is 25.3 Å². The van der Waals surface area contributed by atoms with Gasteiger partial charge in [0.2, 0.25) is 5.91 Å². The Hall–Kier alpha value is -2.52. The number of sulfone groups is 1. The van der Waals surface area contributed by atoms with Gasteiger partial charge in [0.15, 0.2) is 9.84 Å². The molecular formula is C17H17N3O4S2. The molecule has 0 saturated carbocycles. The second kappa shape index (κ2) is 7.79. The number of hydrogen-bond acceptors (Lipinski definition) is 7. The van der Waals surface area contributed by atoms with E-state index in [4.69, 9.17) is 4.74 Å². The molecule has 0 aliphatic rings. The number of para-hydroxylation sites is 1. The van der Waals surface area contributed by atoms with Crippen molar-refractivity contribution in [1.29, 1.82) is 0 Å². The number of methoxy groups -OCH3 is 1. The summed E-state index contributed by atoms with van der Waals surface area (Å²) in [6.07, 6.45) is -0.133. The molecule has 0 saturated heterocycles. The Morgan fingerprint density at radius 1 is 1.15 bits per heavy atom. The third kappa shape index (κ3) is 4.00.